The number of anilines is 1. The Morgan fingerprint density at radius 3 is 2.68 bits per heavy atom. The molecule has 3 aromatic heterocycles. The summed E-state index contributed by atoms with van der Waals surface area (Å²) in [6, 6.07) is 2.92. The Morgan fingerprint density at radius 1 is 1.23 bits per heavy atom. The summed E-state index contributed by atoms with van der Waals surface area (Å²) in [5, 5.41) is 5.83. The predicted molar refractivity (Wildman–Crippen MR) is 111 cm³/mol. The van der Waals surface area contributed by atoms with Gasteiger partial charge in [0.1, 0.15) is 18.2 Å². The van der Waals surface area contributed by atoms with Crippen molar-refractivity contribution in [3.8, 4) is 11.1 Å². The first-order valence-electron chi connectivity index (χ1n) is 9.69. The van der Waals surface area contributed by atoms with Gasteiger partial charge in [0.05, 0.1) is 12.3 Å². The number of carbonyl (C=O) groups is 1. The lowest BCUT2D eigenvalue weighted by atomic mass is 10.0. The Bertz CT molecular complexity index is 1050. The fraction of sp³-hybridized carbons (Fsp3) is 0.381. The van der Waals surface area contributed by atoms with Crippen molar-refractivity contribution in [2.45, 2.75) is 32.7 Å². The Labute approximate surface area is 177 Å². The Balaban J connectivity index is 1.84. The van der Waals surface area contributed by atoms with Crippen molar-refractivity contribution in [3.05, 3.63) is 42.5 Å². The van der Waals surface area contributed by atoms with Crippen LogP contribution in [-0.4, -0.2) is 46.7 Å². The molecular weight excluding hydrogens is 411 g/mol. The van der Waals surface area contributed by atoms with E-state index in [0.717, 1.165) is 22.1 Å². The van der Waals surface area contributed by atoms with Crippen LogP contribution < -0.4 is 10.6 Å². The van der Waals surface area contributed by atoms with Gasteiger partial charge in [-0.15, -0.1) is 0 Å². The van der Waals surface area contributed by atoms with Crippen molar-refractivity contribution < 1.29 is 22.7 Å². The number of nitrogens with zero attached hydrogens (tertiary/aromatic N) is 2. The molecule has 0 spiro atoms. The Hall–Kier alpha value is -3.14. The van der Waals surface area contributed by atoms with Gasteiger partial charge in [0.2, 0.25) is 5.91 Å². The lowest BCUT2D eigenvalue weighted by Gasteiger charge is -2.23. The van der Waals surface area contributed by atoms with E-state index in [4.69, 9.17) is 4.74 Å². The molecule has 31 heavy (non-hydrogen) atoms. The number of pyridine rings is 2. The number of hydrogen-bond donors (Lipinski definition) is 3. The zero-order valence-electron chi connectivity index (χ0n) is 17.4. The maximum absolute atomic E-state index is 12.5. The van der Waals surface area contributed by atoms with Crippen LogP contribution in [0.1, 0.15) is 19.4 Å². The monoisotopic (exact) mass is 435 g/mol. The number of H-pyrrole nitrogens is 1. The molecule has 166 valence electrons. The van der Waals surface area contributed by atoms with Crippen molar-refractivity contribution in [3.63, 3.8) is 0 Å². The fourth-order valence-electron chi connectivity index (χ4n) is 3.21. The van der Waals surface area contributed by atoms with E-state index < -0.39 is 24.7 Å². The normalized spacial score (nSPS) is 12.9. The lowest BCUT2D eigenvalue weighted by molar-refractivity contribution is -0.139. The van der Waals surface area contributed by atoms with Crippen LogP contribution in [0.3, 0.4) is 0 Å². The maximum Gasteiger partial charge on any atom is 0.405 e. The highest BCUT2D eigenvalue weighted by Crippen LogP contribution is 2.30. The molecule has 0 fully saturated rings. The molecule has 0 aliphatic heterocycles. The molecule has 10 heteroatoms. The van der Waals surface area contributed by atoms with Gasteiger partial charge in [-0.05, 0) is 23.6 Å². The molecule has 3 heterocycles. The average molecular weight is 435 g/mol. The molecule has 0 aromatic carbocycles. The van der Waals surface area contributed by atoms with E-state index in [0.29, 0.717) is 17.9 Å². The number of rotatable bonds is 8. The number of aromatic nitrogens is 3. The number of methoxy groups -OCH3 is 1. The van der Waals surface area contributed by atoms with E-state index in [9.17, 15) is 18.0 Å². The number of aromatic amines is 1. The molecule has 1 atom stereocenters. The van der Waals surface area contributed by atoms with Gasteiger partial charge in [0.15, 0.2) is 0 Å². The minimum atomic E-state index is -4.47. The molecule has 3 aromatic rings. The molecule has 0 saturated carbocycles. The minimum absolute atomic E-state index is 0.245. The van der Waals surface area contributed by atoms with E-state index in [-0.39, 0.29) is 5.92 Å². The van der Waals surface area contributed by atoms with Crippen molar-refractivity contribution in [1.29, 1.82) is 0 Å². The summed E-state index contributed by atoms with van der Waals surface area (Å²) in [5.74, 6) is -0.969. The SMILES string of the molecule is COCc1cnc2[nH]cc(-c3cncc(NC(C(=O)NCC(F)(F)F)C(C)C)c3)c2c1. The van der Waals surface area contributed by atoms with Crippen LogP contribution in [0.5, 0.6) is 0 Å². The predicted octanol–water partition coefficient (Wildman–Crippen LogP) is 3.89. The first-order chi connectivity index (χ1) is 14.7. The summed E-state index contributed by atoms with van der Waals surface area (Å²) < 4.78 is 42.5. The van der Waals surface area contributed by atoms with Gasteiger partial charge in [-0.2, -0.15) is 13.2 Å². The first-order valence-corrected chi connectivity index (χ1v) is 9.69. The lowest BCUT2D eigenvalue weighted by Crippen LogP contribution is -2.46. The Kier molecular flexibility index (Phi) is 6.79. The van der Waals surface area contributed by atoms with Crippen molar-refractivity contribution in [2.75, 3.05) is 19.0 Å². The number of ether oxygens (including phenoxy) is 1. The van der Waals surface area contributed by atoms with Gasteiger partial charge in [0.25, 0.3) is 0 Å². The van der Waals surface area contributed by atoms with Crippen LogP contribution in [0.15, 0.2) is 36.9 Å². The van der Waals surface area contributed by atoms with Crippen molar-refractivity contribution in [1.82, 2.24) is 20.3 Å². The molecule has 0 bridgehead atoms. The number of halogens is 3. The van der Waals surface area contributed by atoms with Crippen LogP contribution in [-0.2, 0) is 16.1 Å². The zero-order valence-corrected chi connectivity index (χ0v) is 17.4. The third-order valence-electron chi connectivity index (χ3n) is 4.68. The molecule has 0 aliphatic rings. The number of amides is 1. The molecule has 3 N–H and O–H groups in total. The molecule has 0 saturated heterocycles. The van der Waals surface area contributed by atoms with Gasteiger partial charge in [-0.25, -0.2) is 4.98 Å². The van der Waals surface area contributed by atoms with E-state index in [1.165, 1.54) is 6.20 Å². The quantitative estimate of drug-likeness (QED) is 0.499. The highest BCUT2D eigenvalue weighted by molar-refractivity contribution is 5.94. The molecular formula is C21H24F3N5O2. The fourth-order valence-corrected chi connectivity index (χ4v) is 3.21. The third-order valence-corrected chi connectivity index (χ3v) is 4.68. The maximum atomic E-state index is 12.5. The standard InChI is InChI=1S/C21H24F3N5O2/c1-12(2)18(20(30)28-11-21(22,23)24)29-15-5-14(7-25-8-15)17-9-27-19-16(17)4-13(6-26-19)10-31-3/h4-9,12,18,29H,10-11H2,1-3H3,(H,26,27)(H,28,30). The molecule has 1 amide bonds. The second kappa shape index (κ2) is 9.34. The highest BCUT2D eigenvalue weighted by Gasteiger charge is 2.30. The molecule has 3 rings (SSSR count). The highest BCUT2D eigenvalue weighted by atomic mass is 19.4. The van der Waals surface area contributed by atoms with Crippen LogP contribution >= 0.6 is 0 Å². The van der Waals surface area contributed by atoms with E-state index in [1.807, 2.05) is 17.6 Å². The summed E-state index contributed by atoms with van der Waals surface area (Å²) in [4.78, 5) is 24.0. The van der Waals surface area contributed by atoms with Crippen LogP contribution in [0.4, 0.5) is 18.9 Å². The van der Waals surface area contributed by atoms with Gasteiger partial charge in [-0.3, -0.25) is 9.78 Å². The van der Waals surface area contributed by atoms with Crippen LogP contribution in [0, 0.1) is 5.92 Å². The Morgan fingerprint density at radius 2 is 2.00 bits per heavy atom. The second-order valence-electron chi connectivity index (χ2n) is 7.54. The zero-order chi connectivity index (χ0) is 22.6. The van der Waals surface area contributed by atoms with Crippen LogP contribution in [0.25, 0.3) is 22.2 Å². The van der Waals surface area contributed by atoms with Gasteiger partial charge in [-0.1, -0.05) is 13.8 Å². The largest absolute Gasteiger partial charge is 0.405 e. The van der Waals surface area contributed by atoms with Gasteiger partial charge < -0.3 is 20.4 Å². The third kappa shape index (κ3) is 5.72. The van der Waals surface area contributed by atoms with E-state index >= 15 is 0 Å². The van der Waals surface area contributed by atoms with E-state index in [2.05, 4.69) is 20.3 Å². The van der Waals surface area contributed by atoms with Gasteiger partial charge >= 0.3 is 6.18 Å². The molecule has 7 nitrogen and oxygen atoms in total. The van der Waals surface area contributed by atoms with E-state index in [1.54, 1.807) is 39.4 Å². The smallest absolute Gasteiger partial charge is 0.380 e. The summed E-state index contributed by atoms with van der Waals surface area (Å²) >= 11 is 0. The summed E-state index contributed by atoms with van der Waals surface area (Å²) in [5.41, 5.74) is 3.78. The number of fused-ring (bicyclic) bond motifs is 1. The van der Waals surface area contributed by atoms with Crippen molar-refractivity contribution in [2.24, 2.45) is 5.92 Å². The topological polar surface area (TPSA) is 91.9 Å². The first kappa shape index (κ1) is 22.5. The summed E-state index contributed by atoms with van der Waals surface area (Å²) in [7, 11) is 1.61. The molecule has 0 aliphatic carbocycles. The molecule has 1 unspecified atom stereocenters. The molecule has 0 radical (unpaired) electrons. The summed E-state index contributed by atoms with van der Waals surface area (Å²) in [6.45, 7) is 2.56. The second-order valence-corrected chi connectivity index (χ2v) is 7.54. The average Bonchev–Trinajstić information content (AvgIpc) is 3.13. The number of carbonyl (C=O) groups excluding carboxylic acids is 1. The number of hydrogen-bond acceptors (Lipinski definition) is 5. The number of nitrogens with one attached hydrogen (secondary N) is 3. The van der Waals surface area contributed by atoms with Crippen molar-refractivity contribution >= 4 is 22.6 Å². The minimum Gasteiger partial charge on any atom is -0.380 e. The van der Waals surface area contributed by atoms with Crippen LogP contribution in [0.2, 0.25) is 0 Å². The summed E-state index contributed by atoms with van der Waals surface area (Å²) in [6.07, 6.45) is 2.27. The number of alkyl halides is 3. The van der Waals surface area contributed by atoms with Gasteiger partial charge in [0, 0.05) is 48.4 Å².